The van der Waals surface area contributed by atoms with E-state index in [1.165, 1.54) is 0 Å². The number of hydrogen-bond acceptors (Lipinski definition) is 4. The van der Waals surface area contributed by atoms with Gasteiger partial charge in [0.15, 0.2) is 0 Å². The van der Waals surface area contributed by atoms with E-state index >= 15 is 0 Å². The first-order valence-electron chi connectivity index (χ1n) is 5.86. The Labute approximate surface area is 108 Å². The molecule has 0 aliphatic rings. The largest absolute Gasteiger partial charge is 0.480 e. The standard InChI is InChI=1S/C12H19BN2O3/c1-12(2,3)18-15-10(11(16)17)6-9-5-4-8(13)7-14-9/h4-5,7,10,15H,6,13H2,1-3H3,(H,16,17)/t10-/m0/s1. The predicted octanol–water partition coefficient (Wildman–Crippen LogP) is -0.345. The van der Waals surface area contributed by atoms with E-state index in [-0.39, 0.29) is 6.42 Å². The number of nitrogens with zero attached hydrogens (tertiary/aromatic N) is 1. The first kappa shape index (κ1) is 14.7. The number of carbonyl (C=O) groups is 1. The summed E-state index contributed by atoms with van der Waals surface area (Å²) < 4.78 is 0. The van der Waals surface area contributed by atoms with Gasteiger partial charge in [0.25, 0.3) is 0 Å². The molecular weight excluding hydrogens is 231 g/mol. The van der Waals surface area contributed by atoms with Crippen molar-refractivity contribution in [2.75, 3.05) is 0 Å². The number of carboxylic acid groups (broad SMARTS) is 1. The van der Waals surface area contributed by atoms with E-state index in [1.54, 1.807) is 6.20 Å². The highest BCUT2D eigenvalue weighted by Crippen LogP contribution is 2.06. The van der Waals surface area contributed by atoms with E-state index < -0.39 is 17.6 Å². The van der Waals surface area contributed by atoms with Crippen LogP contribution in [0.15, 0.2) is 18.3 Å². The molecule has 0 saturated carbocycles. The second-order valence-corrected chi connectivity index (χ2v) is 5.25. The minimum absolute atomic E-state index is 0.283. The minimum atomic E-state index is -0.957. The Morgan fingerprint density at radius 1 is 1.56 bits per heavy atom. The highest BCUT2D eigenvalue weighted by atomic mass is 16.7. The van der Waals surface area contributed by atoms with E-state index in [0.29, 0.717) is 0 Å². The smallest absolute Gasteiger partial charge is 0.323 e. The van der Waals surface area contributed by atoms with E-state index in [0.717, 1.165) is 11.2 Å². The summed E-state index contributed by atoms with van der Waals surface area (Å²) in [4.78, 5) is 20.6. The molecule has 0 bridgehead atoms. The lowest BCUT2D eigenvalue weighted by Crippen LogP contribution is -2.43. The van der Waals surface area contributed by atoms with Gasteiger partial charge >= 0.3 is 5.97 Å². The van der Waals surface area contributed by atoms with Crippen molar-refractivity contribution in [2.45, 2.75) is 38.8 Å². The summed E-state index contributed by atoms with van der Waals surface area (Å²) in [5.41, 5.74) is 3.91. The van der Waals surface area contributed by atoms with Gasteiger partial charge in [0.1, 0.15) is 13.9 Å². The fraction of sp³-hybridized carbons (Fsp3) is 0.500. The zero-order valence-electron chi connectivity index (χ0n) is 11.2. The monoisotopic (exact) mass is 250 g/mol. The molecule has 1 atom stereocenters. The summed E-state index contributed by atoms with van der Waals surface area (Å²) in [5, 5.41) is 9.12. The van der Waals surface area contributed by atoms with Crippen LogP contribution in [0.25, 0.3) is 0 Å². The zero-order valence-corrected chi connectivity index (χ0v) is 11.2. The van der Waals surface area contributed by atoms with Crippen molar-refractivity contribution in [3.8, 4) is 0 Å². The quantitative estimate of drug-likeness (QED) is 0.552. The third-order valence-corrected chi connectivity index (χ3v) is 2.19. The second kappa shape index (κ2) is 5.97. The molecule has 98 valence electrons. The van der Waals surface area contributed by atoms with E-state index in [2.05, 4.69) is 10.5 Å². The Morgan fingerprint density at radius 2 is 2.22 bits per heavy atom. The molecule has 0 aromatic carbocycles. The summed E-state index contributed by atoms with van der Waals surface area (Å²) in [6.45, 7) is 5.55. The van der Waals surface area contributed by atoms with Gasteiger partial charge in [-0.3, -0.25) is 14.6 Å². The zero-order chi connectivity index (χ0) is 13.8. The number of nitrogens with one attached hydrogen (secondary N) is 1. The van der Waals surface area contributed by atoms with Gasteiger partial charge in [-0.15, -0.1) is 0 Å². The molecule has 0 aliphatic carbocycles. The molecular formula is C12H19BN2O3. The molecule has 1 rings (SSSR count). The Kier molecular flexibility index (Phi) is 4.87. The first-order valence-corrected chi connectivity index (χ1v) is 5.86. The number of aliphatic carboxylic acids is 1. The van der Waals surface area contributed by atoms with Crippen LogP contribution in [0, 0.1) is 0 Å². The molecule has 0 aliphatic heterocycles. The molecule has 0 fully saturated rings. The van der Waals surface area contributed by atoms with Gasteiger partial charge in [0.05, 0.1) is 5.60 Å². The fourth-order valence-electron chi connectivity index (χ4n) is 1.26. The van der Waals surface area contributed by atoms with Crippen LogP contribution >= 0.6 is 0 Å². The maximum Gasteiger partial charge on any atom is 0.323 e. The van der Waals surface area contributed by atoms with Crippen LogP contribution in [-0.4, -0.2) is 35.5 Å². The fourth-order valence-corrected chi connectivity index (χ4v) is 1.26. The number of aromatic nitrogens is 1. The number of pyridine rings is 1. The molecule has 18 heavy (non-hydrogen) atoms. The summed E-state index contributed by atoms with van der Waals surface area (Å²) in [5.74, 6) is -0.957. The van der Waals surface area contributed by atoms with Crippen molar-refractivity contribution in [1.82, 2.24) is 10.5 Å². The summed E-state index contributed by atoms with van der Waals surface area (Å²) in [7, 11) is 1.94. The lowest BCUT2D eigenvalue weighted by atomic mass is 9.98. The van der Waals surface area contributed by atoms with E-state index in [9.17, 15) is 4.79 Å². The van der Waals surface area contributed by atoms with Crippen molar-refractivity contribution in [3.05, 3.63) is 24.0 Å². The Hall–Kier alpha value is -1.40. The van der Waals surface area contributed by atoms with Gasteiger partial charge in [-0.1, -0.05) is 11.5 Å². The van der Waals surface area contributed by atoms with Gasteiger partial charge in [-0.2, -0.15) is 5.48 Å². The number of rotatable bonds is 5. The molecule has 1 heterocycles. The van der Waals surface area contributed by atoms with Gasteiger partial charge < -0.3 is 5.11 Å². The van der Waals surface area contributed by atoms with E-state index in [1.807, 2.05) is 40.8 Å². The van der Waals surface area contributed by atoms with Crippen molar-refractivity contribution in [2.24, 2.45) is 0 Å². The molecule has 0 amide bonds. The number of hydroxylamine groups is 1. The van der Waals surface area contributed by atoms with Crippen LogP contribution in [0.3, 0.4) is 0 Å². The average Bonchev–Trinajstić information content (AvgIpc) is 2.25. The van der Waals surface area contributed by atoms with Crippen LogP contribution < -0.4 is 10.9 Å². The van der Waals surface area contributed by atoms with E-state index in [4.69, 9.17) is 9.94 Å². The van der Waals surface area contributed by atoms with Crippen LogP contribution in [-0.2, 0) is 16.1 Å². The minimum Gasteiger partial charge on any atom is -0.480 e. The van der Waals surface area contributed by atoms with Gasteiger partial charge in [0, 0.05) is 18.3 Å². The summed E-state index contributed by atoms with van der Waals surface area (Å²) in [6, 6.07) is 2.93. The second-order valence-electron chi connectivity index (χ2n) is 5.25. The topological polar surface area (TPSA) is 71.5 Å². The molecule has 1 aromatic heterocycles. The molecule has 0 unspecified atom stereocenters. The number of hydrogen-bond donors (Lipinski definition) is 2. The third-order valence-electron chi connectivity index (χ3n) is 2.19. The van der Waals surface area contributed by atoms with Crippen molar-refractivity contribution < 1.29 is 14.7 Å². The van der Waals surface area contributed by atoms with Gasteiger partial charge in [0.2, 0.25) is 0 Å². The van der Waals surface area contributed by atoms with Gasteiger partial charge in [-0.05, 0) is 26.8 Å². The van der Waals surface area contributed by atoms with Gasteiger partial charge in [-0.25, -0.2) is 0 Å². The van der Waals surface area contributed by atoms with Crippen molar-refractivity contribution in [3.63, 3.8) is 0 Å². The van der Waals surface area contributed by atoms with Crippen molar-refractivity contribution >= 4 is 19.3 Å². The molecule has 0 spiro atoms. The van der Waals surface area contributed by atoms with Crippen LogP contribution in [0.4, 0.5) is 0 Å². The summed E-state index contributed by atoms with van der Waals surface area (Å²) >= 11 is 0. The van der Waals surface area contributed by atoms with Crippen LogP contribution in [0.1, 0.15) is 26.5 Å². The first-order chi connectivity index (χ1) is 8.28. The maximum atomic E-state index is 11.1. The Balaban J connectivity index is 2.63. The molecule has 6 heteroatoms. The Bertz CT molecular complexity index is 401. The van der Waals surface area contributed by atoms with Crippen molar-refractivity contribution in [1.29, 1.82) is 0 Å². The summed E-state index contributed by atoms with van der Waals surface area (Å²) in [6.07, 6.45) is 2.00. The molecule has 5 nitrogen and oxygen atoms in total. The lowest BCUT2D eigenvalue weighted by molar-refractivity contribution is -0.150. The molecule has 1 aromatic rings. The highest BCUT2D eigenvalue weighted by molar-refractivity contribution is 6.32. The highest BCUT2D eigenvalue weighted by Gasteiger charge is 2.21. The molecule has 0 saturated heterocycles. The SMILES string of the molecule is Bc1ccc(C[C@H](NOC(C)(C)C)C(=O)O)nc1. The maximum absolute atomic E-state index is 11.1. The lowest BCUT2D eigenvalue weighted by Gasteiger charge is -2.22. The van der Waals surface area contributed by atoms with Crippen LogP contribution in [0.5, 0.6) is 0 Å². The third kappa shape index (κ3) is 5.29. The van der Waals surface area contributed by atoms with Crippen LogP contribution in [0.2, 0.25) is 0 Å². The average molecular weight is 250 g/mol. The molecule has 2 N–H and O–H groups in total. The molecule has 0 radical (unpaired) electrons. The number of carboxylic acids is 1. The Morgan fingerprint density at radius 3 is 2.67 bits per heavy atom. The normalized spacial score (nSPS) is 13.3. The predicted molar refractivity (Wildman–Crippen MR) is 71.5 cm³/mol.